The molecule has 4 nitrogen and oxygen atoms in total. The summed E-state index contributed by atoms with van der Waals surface area (Å²) >= 11 is 2.33. The van der Waals surface area contributed by atoms with Crippen LogP contribution in [0.2, 0.25) is 0 Å². The second kappa shape index (κ2) is 9.65. The van der Waals surface area contributed by atoms with Crippen molar-refractivity contribution in [1.82, 2.24) is 0 Å². The molecule has 0 aromatic carbocycles. The van der Waals surface area contributed by atoms with Gasteiger partial charge in [0.1, 0.15) is 0 Å². The van der Waals surface area contributed by atoms with E-state index in [-0.39, 0.29) is 21.1 Å². The maximum atomic E-state index is 11.2. The van der Waals surface area contributed by atoms with Gasteiger partial charge in [-0.3, -0.25) is 0 Å². The largest absolute Gasteiger partial charge is 0.458 e. The predicted octanol–water partition coefficient (Wildman–Crippen LogP) is 3.93. The Morgan fingerprint density at radius 3 is 1.59 bits per heavy atom. The summed E-state index contributed by atoms with van der Waals surface area (Å²) in [5, 5.41) is -0.251. The van der Waals surface area contributed by atoms with Crippen LogP contribution in [0, 0.1) is 0 Å². The molecule has 0 heterocycles. The van der Waals surface area contributed by atoms with Crippen LogP contribution in [0.3, 0.4) is 0 Å². The highest BCUT2D eigenvalue weighted by molar-refractivity contribution is 8.14. The van der Waals surface area contributed by atoms with Crippen LogP contribution in [0.1, 0.15) is 34.1 Å². The van der Waals surface area contributed by atoms with Gasteiger partial charge in [-0.05, 0) is 43.8 Å². The fraction of sp³-hybridized carbons (Fsp3) is 0.818. The average Bonchev–Trinajstić information content (AvgIpc) is 2.16. The third kappa shape index (κ3) is 9.35. The smallest absolute Gasteiger partial charge is 0.367 e. The van der Waals surface area contributed by atoms with Gasteiger partial charge in [0.25, 0.3) is 0 Å². The summed E-state index contributed by atoms with van der Waals surface area (Å²) < 4.78 is 9.68. The molecule has 0 rings (SSSR count). The van der Waals surface area contributed by atoms with Crippen LogP contribution in [-0.4, -0.2) is 34.3 Å². The zero-order valence-corrected chi connectivity index (χ0v) is 12.4. The number of thioether (sulfide) groups is 2. The van der Waals surface area contributed by atoms with Gasteiger partial charge in [0, 0.05) is 10.5 Å². The van der Waals surface area contributed by atoms with E-state index in [1.54, 1.807) is 13.8 Å². The zero-order valence-electron chi connectivity index (χ0n) is 10.7. The first-order chi connectivity index (χ1) is 7.99. The third-order valence-corrected chi connectivity index (χ3v) is 3.59. The molecule has 0 aromatic rings. The van der Waals surface area contributed by atoms with Crippen molar-refractivity contribution in [2.24, 2.45) is 0 Å². The lowest BCUT2D eigenvalue weighted by atomic mass is 10.3. The average molecular weight is 280 g/mol. The Bertz CT molecular complexity index is 222. The van der Waals surface area contributed by atoms with E-state index in [2.05, 4.69) is 0 Å². The fourth-order valence-electron chi connectivity index (χ4n) is 1.20. The minimum Gasteiger partial charge on any atom is -0.458 e. The highest BCUT2D eigenvalue weighted by Crippen LogP contribution is 2.25. The van der Waals surface area contributed by atoms with Crippen molar-refractivity contribution in [2.45, 2.75) is 44.6 Å². The van der Waals surface area contributed by atoms with Gasteiger partial charge in [0.05, 0.1) is 13.2 Å². The molecule has 0 N–H and O–H groups in total. The first kappa shape index (κ1) is 16.6. The summed E-state index contributed by atoms with van der Waals surface area (Å²) in [7, 11) is 0. The van der Waals surface area contributed by atoms with Gasteiger partial charge in [-0.1, -0.05) is 13.8 Å². The lowest BCUT2D eigenvalue weighted by Crippen LogP contribution is -2.12. The minimum atomic E-state index is -0.256. The molecule has 100 valence electrons. The molecule has 0 aliphatic rings. The Labute approximate surface area is 111 Å². The van der Waals surface area contributed by atoms with Crippen molar-refractivity contribution in [1.29, 1.82) is 0 Å². The van der Waals surface area contributed by atoms with Gasteiger partial charge in [-0.15, -0.1) is 0 Å². The van der Waals surface area contributed by atoms with Gasteiger partial charge in [0.2, 0.25) is 0 Å². The third-order valence-electron chi connectivity index (χ3n) is 1.78. The summed E-state index contributed by atoms with van der Waals surface area (Å²) in [6.45, 7) is 8.25. The van der Waals surface area contributed by atoms with E-state index in [4.69, 9.17) is 9.47 Å². The molecule has 0 bridgehead atoms. The number of carbonyl (C=O) groups excluding carboxylic acids is 2. The van der Waals surface area contributed by atoms with E-state index < -0.39 is 0 Å². The van der Waals surface area contributed by atoms with E-state index in [9.17, 15) is 9.59 Å². The standard InChI is InChI=1S/C11H20O4S2/c1-5-14-10(12)16-8(3)7-9(4)17-11(13)15-6-2/h8-9H,5-7H2,1-4H3. The SMILES string of the molecule is CCOC(=O)SC(C)CC(C)SC(=O)OCC. The molecule has 0 radical (unpaired) electrons. The molecule has 0 aliphatic carbocycles. The zero-order chi connectivity index (χ0) is 13.3. The van der Waals surface area contributed by atoms with Crippen molar-refractivity contribution in [3.8, 4) is 0 Å². The normalized spacial score (nSPS) is 13.9. The molecule has 2 unspecified atom stereocenters. The van der Waals surface area contributed by atoms with E-state index in [0.717, 1.165) is 6.42 Å². The van der Waals surface area contributed by atoms with Crippen LogP contribution in [-0.2, 0) is 9.47 Å². The van der Waals surface area contributed by atoms with E-state index >= 15 is 0 Å². The molecule has 0 amide bonds. The van der Waals surface area contributed by atoms with Crippen LogP contribution in [0.4, 0.5) is 9.59 Å². The van der Waals surface area contributed by atoms with E-state index in [0.29, 0.717) is 13.2 Å². The number of hydrogen-bond donors (Lipinski definition) is 0. The van der Waals surface area contributed by atoms with Crippen molar-refractivity contribution in [2.75, 3.05) is 13.2 Å². The number of hydrogen-bond acceptors (Lipinski definition) is 6. The molecular formula is C11H20O4S2. The highest BCUT2D eigenvalue weighted by atomic mass is 32.2. The van der Waals surface area contributed by atoms with Crippen molar-refractivity contribution in [3.05, 3.63) is 0 Å². The van der Waals surface area contributed by atoms with Crippen LogP contribution in [0.15, 0.2) is 0 Å². The number of rotatable bonds is 6. The van der Waals surface area contributed by atoms with Crippen LogP contribution >= 0.6 is 23.5 Å². The Hall–Kier alpha value is -0.360. The van der Waals surface area contributed by atoms with E-state index in [1.807, 2.05) is 13.8 Å². The second-order valence-corrected chi connectivity index (χ2v) is 6.21. The lowest BCUT2D eigenvalue weighted by Gasteiger charge is -2.14. The lowest BCUT2D eigenvalue weighted by molar-refractivity contribution is 0.180. The summed E-state index contributed by atoms with van der Waals surface area (Å²) in [4.78, 5) is 22.4. The van der Waals surface area contributed by atoms with Crippen molar-refractivity contribution in [3.63, 3.8) is 0 Å². The molecule has 0 aliphatic heterocycles. The molecule has 2 atom stereocenters. The second-order valence-electron chi connectivity index (χ2n) is 3.46. The molecular weight excluding hydrogens is 260 g/mol. The first-order valence-electron chi connectivity index (χ1n) is 5.66. The fourth-order valence-corrected chi connectivity index (χ4v) is 3.12. The van der Waals surface area contributed by atoms with Crippen molar-refractivity contribution < 1.29 is 19.1 Å². The monoisotopic (exact) mass is 280 g/mol. The first-order valence-corrected chi connectivity index (χ1v) is 7.42. The Balaban J connectivity index is 3.82. The molecule has 0 fully saturated rings. The van der Waals surface area contributed by atoms with Gasteiger partial charge in [-0.2, -0.15) is 0 Å². The Kier molecular flexibility index (Phi) is 9.44. The van der Waals surface area contributed by atoms with Crippen LogP contribution in [0.25, 0.3) is 0 Å². The van der Waals surface area contributed by atoms with Crippen LogP contribution < -0.4 is 0 Å². The maximum Gasteiger partial charge on any atom is 0.367 e. The summed E-state index contributed by atoms with van der Waals surface area (Å²) in [6, 6.07) is 0. The molecule has 17 heavy (non-hydrogen) atoms. The summed E-state index contributed by atoms with van der Waals surface area (Å²) in [5.74, 6) is 0. The van der Waals surface area contributed by atoms with Crippen molar-refractivity contribution >= 4 is 34.1 Å². The van der Waals surface area contributed by atoms with Gasteiger partial charge in [0.15, 0.2) is 0 Å². The van der Waals surface area contributed by atoms with Gasteiger partial charge >= 0.3 is 10.6 Å². The summed E-state index contributed by atoms with van der Waals surface area (Å²) in [6.07, 6.45) is 0.757. The topological polar surface area (TPSA) is 52.6 Å². The minimum absolute atomic E-state index is 0.131. The summed E-state index contributed by atoms with van der Waals surface area (Å²) in [5.41, 5.74) is 0. The molecule has 0 spiro atoms. The highest BCUT2D eigenvalue weighted by Gasteiger charge is 2.17. The van der Waals surface area contributed by atoms with Crippen LogP contribution in [0.5, 0.6) is 0 Å². The Morgan fingerprint density at radius 2 is 1.29 bits per heavy atom. The maximum absolute atomic E-state index is 11.2. The van der Waals surface area contributed by atoms with Gasteiger partial charge in [-0.25, -0.2) is 9.59 Å². The number of carbonyl (C=O) groups is 2. The Morgan fingerprint density at radius 1 is 0.941 bits per heavy atom. The molecule has 0 aromatic heterocycles. The molecule has 0 saturated carbocycles. The van der Waals surface area contributed by atoms with E-state index in [1.165, 1.54) is 23.5 Å². The number of ether oxygens (including phenoxy) is 2. The van der Waals surface area contributed by atoms with Gasteiger partial charge < -0.3 is 9.47 Å². The molecule has 6 heteroatoms. The molecule has 0 saturated heterocycles. The quantitative estimate of drug-likeness (QED) is 0.687. The predicted molar refractivity (Wildman–Crippen MR) is 72.8 cm³/mol.